The van der Waals surface area contributed by atoms with Gasteiger partial charge in [0, 0.05) is 19.6 Å². The first-order valence-corrected chi connectivity index (χ1v) is 9.21. The van der Waals surface area contributed by atoms with Gasteiger partial charge in [0.25, 0.3) is 5.91 Å². The van der Waals surface area contributed by atoms with E-state index in [9.17, 15) is 15.0 Å². The second-order valence-electron chi connectivity index (χ2n) is 6.75. The average molecular weight is 354 g/mol. The molecule has 0 radical (unpaired) electrons. The molecule has 0 atom stereocenters. The van der Waals surface area contributed by atoms with Crippen LogP contribution in [0.5, 0.6) is 11.5 Å². The van der Waals surface area contributed by atoms with Gasteiger partial charge >= 0.3 is 0 Å². The molecule has 2 aromatic rings. The summed E-state index contributed by atoms with van der Waals surface area (Å²) in [6, 6.07) is 15.0. The van der Waals surface area contributed by atoms with Gasteiger partial charge in [0.2, 0.25) is 0 Å². The molecule has 0 spiro atoms. The molecule has 0 unspecified atom stereocenters. The number of para-hydroxylation sites is 1. The Morgan fingerprint density at radius 2 is 1.73 bits per heavy atom. The second kappa shape index (κ2) is 8.72. The van der Waals surface area contributed by atoms with Crippen LogP contribution in [0.1, 0.15) is 28.8 Å². The first-order chi connectivity index (χ1) is 12.6. The first-order valence-electron chi connectivity index (χ1n) is 9.21. The van der Waals surface area contributed by atoms with Crippen LogP contribution in [-0.2, 0) is 6.42 Å². The fraction of sp³-hybridized carbons (Fsp3) is 0.381. The van der Waals surface area contributed by atoms with E-state index < -0.39 is 0 Å². The Hall–Kier alpha value is -2.53. The van der Waals surface area contributed by atoms with Crippen molar-refractivity contribution < 1.29 is 15.0 Å². The van der Waals surface area contributed by atoms with Crippen molar-refractivity contribution in [2.45, 2.75) is 19.3 Å². The molecule has 2 N–H and O–H groups in total. The molecule has 1 heterocycles. The average Bonchev–Trinajstić information content (AvgIpc) is 2.90. The molecule has 5 heteroatoms. The number of phenolic OH excluding ortho intramolecular Hbond substituents is 2. The number of phenols is 2. The van der Waals surface area contributed by atoms with Crippen LogP contribution in [0.4, 0.5) is 0 Å². The lowest BCUT2D eigenvalue weighted by Gasteiger charge is -2.22. The van der Waals surface area contributed by atoms with Gasteiger partial charge in [-0.25, -0.2) is 0 Å². The summed E-state index contributed by atoms with van der Waals surface area (Å²) in [6.45, 7) is 4.14. The van der Waals surface area contributed by atoms with Crippen LogP contribution >= 0.6 is 0 Å². The first kappa shape index (κ1) is 18.3. The van der Waals surface area contributed by atoms with Crippen LogP contribution in [0.15, 0.2) is 48.5 Å². The molecular formula is C21H26N2O3. The maximum absolute atomic E-state index is 12.7. The number of aryl methyl sites for hydroxylation is 1. The van der Waals surface area contributed by atoms with Crippen molar-refractivity contribution in [3.63, 3.8) is 0 Å². The van der Waals surface area contributed by atoms with Crippen LogP contribution in [-0.4, -0.2) is 58.6 Å². The van der Waals surface area contributed by atoms with Gasteiger partial charge in [-0.3, -0.25) is 4.79 Å². The lowest BCUT2D eigenvalue weighted by atomic mass is 10.1. The Kier molecular flexibility index (Phi) is 6.12. The highest BCUT2D eigenvalue weighted by atomic mass is 16.3. The van der Waals surface area contributed by atoms with Gasteiger partial charge in [0.05, 0.1) is 5.56 Å². The maximum atomic E-state index is 12.7. The van der Waals surface area contributed by atoms with Crippen LogP contribution in [0.25, 0.3) is 0 Å². The van der Waals surface area contributed by atoms with E-state index in [0.29, 0.717) is 13.1 Å². The minimum atomic E-state index is -0.332. The number of hydrogen-bond donors (Lipinski definition) is 2. The van der Waals surface area contributed by atoms with Gasteiger partial charge in [-0.05, 0) is 50.0 Å². The molecule has 0 bridgehead atoms. The van der Waals surface area contributed by atoms with Crippen molar-refractivity contribution in [3.05, 3.63) is 59.7 Å². The third-order valence-electron chi connectivity index (χ3n) is 4.90. The zero-order chi connectivity index (χ0) is 18.4. The van der Waals surface area contributed by atoms with E-state index in [1.54, 1.807) is 17.0 Å². The number of benzene rings is 2. The Morgan fingerprint density at radius 1 is 0.923 bits per heavy atom. The molecule has 26 heavy (non-hydrogen) atoms. The summed E-state index contributed by atoms with van der Waals surface area (Å²) in [7, 11) is 0. The summed E-state index contributed by atoms with van der Waals surface area (Å²) in [6.07, 6.45) is 3.08. The maximum Gasteiger partial charge on any atom is 0.257 e. The van der Waals surface area contributed by atoms with Crippen molar-refractivity contribution in [2.75, 3.05) is 32.7 Å². The number of nitrogens with zero attached hydrogens (tertiary/aromatic N) is 2. The summed E-state index contributed by atoms with van der Waals surface area (Å²) in [5, 5.41) is 19.5. The van der Waals surface area contributed by atoms with Crippen LogP contribution in [0.3, 0.4) is 0 Å². The molecular weight excluding hydrogens is 328 g/mol. The van der Waals surface area contributed by atoms with Crippen LogP contribution in [0, 0.1) is 0 Å². The molecule has 1 amide bonds. The molecule has 2 aromatic carbocycles. The Balaban J connectivity index is 1.51. The van der Waals surface area contributed by atoms with Crippen LogP contribution in [0.2, 0.25) is 0 Å². The summed E-state index contributed by atoms with van der Waals surface area (Å²) in [4.78, 5) is 16.8. The molecule has 0 saturated carbocycles. The standard InChI is InChI=1S/C21H26N2O3/c24-19-11-4-10-18(20(19)25)21(26)23-14-6-13-22(15-16-23)12-5-9-17-7-2-1-3-8-17/h1-4,7-8,10-11,24-25H,5-6,9,12-16H2. The normalized spacial score (nSPS) is 15.6. The minimum absolute atomic E-state index is 0.169. The van der Waals surface area contributed by atoms with E-state index in [1.807, 2.05) is 6.07 Å². The van der Waals surface area contributed by atoms with E-state index in [2.05, 4.69) is 29.2 Å². The smallest absolute Gasteiger partial charge is 0.257 e. The molecule has 138 valence electrons. The molecule has 3 rings (SSSR count). The molecule has 0 aromatic heterocycles. The number of rotatable bonds is 5. The summed E-state index contributed by atoms with van der Waals surface area (Å²) in [5.74, 6) is -0.806. The van der Waals surface area contributed by atoms with Crippen molar-refractivity contribution in [3.8, 4) is 11.5 Å². The quantitative estimate of drug-likeness (QED) is 0.811. The molecule has 1 aliphatic heterocycles. The lowest BCUT2D eigenvalue weighted by Crippen LogP contribution is -2.35. The third-order valence-corrected chi connectivity index (χ3v) is 4.90. The predicted molar refractivity (Wildman–Crippen MR) is 101 cm³/mol. The number of amides is 1. The van der Waals surface area contributed by atoms with E-state index in [4.69, 9.17) is 0 Å². The van der Waals surface area contributed by atoms with Gasteiger partial charge in [-0.15, -0.1) is 0 Å². The highest BCUT2D eigenvalue weighted by molar-refractivity contribution is 5.97. The Bertz CT molecular complexity index is 733. The third kappa shape index (κ3) is 4.55. The fourth-order valence-corrected chi connectivity index (χ4v) is 3.42. The topological polar surface area (TPSA) is 64.0 Å². The van der Waals surface area contributed by atoms with Crippen molar-refractivity contribution in [2.24, 2.45) is 0 Å². The van der Waals surface area contributed by atoms with E-state index in [1.165, 1.54) is 11.6 Å². The lowest BCUT2D eigenvalue weighted by molar-refractivity contribution is 0.0757. The zero-order valence-electron chi connectivity index (χ0n) is 15.0. The van der Waals surface area contributed by atoms with E-state index in [0.717, 1.165) is 38.9 Å². The van der Waals surface area contributed by atoms with Crippen molar-refractivity contribution in [1.82, 2.24) is 9.80 Å². The fourth-order valence-electron chi connectivity index (χ4n) is 3.42. The Morgan fingerprint density at radius 3 is 2.54 bits per heavy atom. The van der Waals surface area contributed by atoms with Gasteiger partial charge in [-0.1, -0.05) is 36.4 Å². The van der Waals surface area contributed by atoms with E-state index in [-0.39, 0.29) is 23.0 Å². The summed E-state index contributed by atoms with van der Waals surface area (Å²) < 4.78 is 0. The highest BCUT2D eigenvalue weighted by Crippen LogP contribution is 2.29. The predicted octanol–water partition coefficient (Wildman–Crippen LogP) is 2.88. The van der Waals surface area contributed by atoms with E-state index >= 15 is 0 Å². The zero-order valence-corrected chi connectivity index (χ0v) is 15.0. The largest absolute Gasteiger partial charge is 0.504 e. The monoisotopic (exact) mass is 354 g/mol. The van der Waals surface area contributed by atoms with Gasteiger partial charge in [-0.2, -0.15) is 0 Å². The van der Waals surface area contributed by atoms with Gasteiger partial charge in [0.1, 0.15) is 0 Å². The van der Waals surface area contributed by atoms with Crippen molar-refractivity contribution >= 4 is 5.91 Å². The number of hydrogen-bond acceptors (Lipinski definition) is 4. The second-order valence-corrected chi connectivity index (χ2v) is 6.75. The molecule has 1 aliphatic rings. The van der Waals surface area contributed by atoms with Crippen molar-refractivity contribution in [1.29, 1.82) is 0 Å². The SMILES string of the molecule is O=C(c1cccc(O)c1O)N1CCCN(CCCc2ccccc2)CC1. The van der Waals surface area contributed by atoms with Gasteiger partial charge in [0.15, 0.2) is 11.5 Å². The summed E-state index contributed by atoms with van der Waals surface area (Å²) in [5.41, 5.74) is 1.53. The highest BCUT2D eigenvalue weighted by Gasteiger charge is 2.23. The number of carbonyl (C=O) groups is 1. The molecule has 1 saturated heterocycles. The Labute approximate surface area is 154 Å². The molecule has 5 nitrogen and oxygen atoms in total. The minimum Gasteiger partial charge on any atom is -0.504 e. The van der Waals surface area contributed by atoms with Gasteiger partial charge < -0.3 is 20.0 Å². The number of carbonyl (C=O) groups excluding carboxylic acids is 1. The molecule has 0 aliphatic carbocycles. The number of aromatic hydroxyl groups is 2. The molecule has 1 fully saturated rings. The van der Waals surface area contributed by atoms with Crippen LogP contribution < -0.4 is 0 Å². The summed E-state index contributed by atoms with van der Waals surface area (Å²) >= 11 is 0.